The number of benzene rings is 3. The lowest BCUT2D eigenvalue weighted by Gasteiger charge is -2.47. The van der Waals surface area contributed by atoms with E-state index in [2.05, 4.69) is 4.90 Å². The first-order valence-electron chi connectivity index (χ1n) is 10.5. The molecule has 0 radical (unpaired) electrons. The maximum atomic E-state index is 13.8. The lowest BCUT2D eigenvalue weighted by Crippen LogP contribution is -2.52. The van der Waals surface area contributed by atoms with Crippen LogP contribution in [0.2, 0.25) is 10.0 Å². The summed E-state index contributed by atoms with van der Waals surface area (Å²) in [7, 11) is -3.59. The van der Waals surface area contributed by atoms with Crippen LogP contribution < -0.4 is 0 Å². The quantitative estimate of drug-likeness (QED) is 0.376. The van der Waals surface area contributed by atoms with E-state index in [-0.39, 0.29) is 17.5 Å². The first-order valence-corrected chi connectivity index (χ1v) is 13.2. The number of likely N-dealkylation sites (tertiary alicyclic amines) is 1. The predicted octanol–water partition coefficient (Wildman–Crippen LogP) is 6.27. The maximum Gasteiger partial charge on any atom is 0.154 e. The molecule has 1 aliphatic heterocycles. The van der Waals surface area contributed by atoms with Crippen LogP contribution >= 0.6 is 23.2 Å². The minimum absolute atomic E-state index is 0.0100. The molecule has 0 saturated carbocycles. The third-order valence-corrected chi connectivity index (χ3v) is 8.16. The lowest BCUT2D eigenvalue weighted by atomic mass is 9.87. The fourth-order valence-corrected chi connectivity index (χ4v) is 6.34. The Hall–Kier alpha value is -1.99. The zero-order valence-corrected chi connectivity index (χ0v) is 20.2. The molecule has 1 saturated heterocycles. The highest BCUT2D eigenvalue weighted by molar-refractivity contribution is 7.90. The minimum atomic E-state index is -3.59. The number of hydrogen-bond acceptors (Lipinski definition) is 3. The summed E-state index contributed by atoms with van der Waals surface area (Å²) in [5, 5.41) is 0.320. The van der Waals surface area contributed by atoms with Crippen molar-refractivity contribution in [3.05, 3.63) is 105 Å². The van der Waals surface area contributed by atoms with E-state index in [1.54, 1.807) is 0 Å². The van der Waals surface area contributed by atoms with Crippen LogP contribution in [0.25, 0.3) is 0 Å². The van der Waals surface area contributed by atoms with Crippen molar-refractivity contribution in [2.24, 2.45) is 5.92 Å². The Balaban J connectivity index is 1.59. The molecule has 1 fully saturated rings. The molecule has 3 aromatic rings. The van der Waals surface area contributed by atoms with Crippen LogP contribution in [0.15, 0.2) is 66.7 Å². The van der Waals surface area contributed by atoms with Gasteiger partial charge in [0.2, 0.25) is 0 Å². The summed E-state index contributed by atoms with van der Waals surface area (Å²) in [5.74, 6) is -1.84. The Labute approximate surface area is 202 Å². The van der Waals surface area contributed by atoms with E-state index in [9.17, 15) is 17.2 Å². The molecule has 0 aliphatic carbocycles. The smallest absolute Gasteiger partial charge is 0.154 e. The van der Waals surface area contributed by atoms with Gasteiger partial charge in [-0.2, -0.15) is 0 Å². The summed E-state index contributed by atoms with van der Waals surface area (Å²) < 4.78 is 52.9. The van der Waals surface area contributed by atoms with E-state index in [0.717, 1.165) is 35.6 Å². The van der Waals surface area contributed by atoms with Gasteiger partial charge in [-0.1, -0.05) is 47.5 Å². The average Bonchev–Trinajstić information content (AvgIpc) is 2.69. The van der Waals surface area contributed by atoms with E-state index in [0.29, 0.717) is 29.6 Å². The highest BCUT2D eigenvalue weighted by Gasteiger charge is 2.42. The molecule has 0 N–H and O–H groups in total. The summed E-state index contributed by atoms with van der Waals surface area (Å²) in [4.78, 5) is 2.19. The Morgan fingerprint density at radius 1 is 0.879 bits per heavy atom. The molecular formula is C25H23Cl2F2NO2S. The van der Waals surface area contributed by atoms with Gasteiger partial charge in [-0.25, -0.2) is 17.2 Å². The molecule has 0 amide bonds. The second-order valence-corrected chi connectivity index (χ2v) is 11.6. The van der Waals surface area contributed by atoms with Crippen molar-refractivity contribution in [1.29, 1.82) is 0 Å². The van der Waals surface area contributed by atoms with Gasteiger partial charge in [-0.15, -0.1) is 0 Å². The van der Waals surface area contributed by atoms with E-state index in [4.69, 9.17) is 23.2 Å². The second-order valence-electron chi connectivity index (χ2n) is 8.56. The van der Waals surface area contributed by atoms with Crippen molar-refractivity contribution in [1.82, 2.24) is 4.90 Å². The normalized spacial score (nSPS) is 16.9. The molecular weight excluding hydrogens is 487 g/mol. The molecule has 174 valence electrons. The van der Waals surface area contributed by atoms with Crippen molar-refractivity contribution >= 4 is 33.0 Å². The van der Waals surface area contributed by atoms with Gasteiger partial charge in [0.25, 0.3) is 0 Å². The molecule has 2 unspecified atom stereocenters. The molecule has 0 bridgehead atoms. The second kappa shape index (κ2) is 9.71. The van der Waals surface area contributed by atoms with Gasteiger partial charge in [0, 0.05) is 47.4 Å². The summed E-state index contributed by atoms with van der Waals surface area (Å²) in [5.41, 5.74) is 2.30. The molecule has 1 heterocycles. The zero-order valence-electron chi connectivity index (χ0n) is 17.9. The van der Waals surface area contributed by atoms with E-state index in [1.807, 2.05) is 48.5 Å². The monoisotopic (exact) mass is 509 g/mol. The topological polar surface area (TPSA) is 37.4 Å². The number of halogens is 4. The van der Waals surface area contributed by atoms with Crippen molar-refractivity contribution < 1.29 is 17.2 Å². The van der Waals surface area contributed by atoms with Gasteiger partial charge < -0.3 is 0 Å². The number of rotatable bonds is 7. The highest BCUT2D eigenvalue weighted by Crippen LogP contribution is 2.41. The summed E-state index contributed by atoms with van der Waals surface area (Å²) >= 11 is 12.1. The summed E-state index contributed by atoms with van der Waals surface area (Å²) in [6.07, 6.45) is 1.82. The first-order chi connectivity index (χ1) is 15.6. The Bertz CT molecular complexity index is 1210. The van der Waals surface area contributed by atoms with Crippen molar-refractivity contribution in [2.75, 3.05) is 19.3 Å². The molecule has 1 aliphatic rings. The van der Waals surface area contributed by atoms with Crippen LogP contribution in [-0.2, 0) is 16.3 Å². The zero-order chi connectivity index (χ0) is 23.8. The SMILES string of the molecule is CS(=O)(=O)C(c1cc(F)cc(F)c1)C1CN(C(Cc2ccc(Cl)cc2)c2ccc(Cl)cc2)C1. The molecule has 33 heavy (non-hydrogen) atoms. The third kappa shape index (κ3) is 5.75. The van der Waals surface area contributed by atoms with Crippen molar-refractivity contribution in [3.63, 3.8) is 0 Å². The number of hydrogen-bond donors (Lipinski definition) is 0. The van der Waals surface area contributed by atoms with Gasteiger partial charge in [0.1, 0.15) is 11.6 Å². The molecule has 8 heteroatoms. The van der Waals surface area contributed by atoms with Crippen LogP contribution in [0.3, 0.4) is 0 Å². The predicted molar refractivity (Wildman–Crippen MR) is 128 cm³/mol. The summed E-state index contributed by atoms with van der Waals surface area (Å²) in [6, 6.07) is 18.2. The molecule has 0 aromatic heterocycles. The van der Waals surface area contributed by atoms with Crippen LogP contribution in [0, 0.1) is 17.6 Å². The van der Waals surface area contributed by atoms with Gasteiger partial charge in [-0.05, 0) is 59.5 Å². The number of sulfone groups is 1. The molecule has 4 rings (SSSR count). The van der Waals surface area contributed by atoms with Crippen LogP contribution in [-0.4, -0.2) is 32.7 Å². The summed E-state index contributed by atoms with van der Waals surface area (Å²) in [6.45, 7) is 0.966. The fraction of sp³-hybridized carbons (Fsp3) is 0.280. The van der Waals surface area contributed by atoms with Gasteiger partial charge >= 0.3 is 0 Å². The third-order valence-electron chi connectivity index (χ3n) is 6.08. The van der Waals surface area contributed by atoms with Crippen LogP contribution in [0.4, 0.5) is 8.78 Å². The van der Waals surface area contributed by atoms with Crippen LogP contribution in [0.5, 0.6) is 0 Å². The Morgan fingerprint density at radius 2 is 1.39 bits per heavy atom. The lowest BCUT2D eigenvalue weighted by molar-refractivity contribution is 0.0488. The fourth-order valence-electron chi connectivity index (χ4n) is 4.59. The average molecular weight is 510 g/mol. The molecule has 0 spiro atoms. The standard InChI is InChI=1S/C25H23Cl2F2NO2S/c1-33(31,32)25(18-11-22(28)13-23(29)12-18)19-14-30(15-19)24(17-4-8-21(27)9-5-17)10-16-2-6-20(26)7-3-16/h2-9,11-13,19,24-25H,10,14-15H2,1H3. The van der Waals surface area contributed by atoms with E-state index in [1.165, 1.54) is 0 Å². The largest absolute Gasteiger partial charge is 0.295 e. The van der Waals surface area contributed by atoms with Gasteiger partial charge in [0.15, 0.2) is 9.84 Å². The first kappa shape index (κ1) is 24.1. The maximum absolute atomic E-state index is 13.8. The van der Waals surface area contributed by atoms with Crippen molar-refractivity contribution in [2.45, 2.75) is 17.7 Å². The van der Waals surface area contributed by atoms with Crippen LogP contribution in [0.1, 0.15) is 28.0 Å². The van der Waals surface area contributed by atoms with Crippen molar-refractivity contribution in [3.8, 4) is 0 Å². The highest BCUT2D eigenvalue weighted by atomic mass is 35.5. The molecule has 3 nitrogen and oxygen atoms in total. The number of nitrogens with zero attached hydrogens (tertiary/aromatic N) is 1. The van der Waals surface area contributed by atoms with E-state index >= 15 is 0 Å². The Morgan fingerprint density at radius 3 is 1.91 bits per heavy atom. The molecule has 2 atom stereocenters. The molecule has 3 aromatic carbocycles. The minimum Gasteiger partial charge on any atom is -0.295 e. The van der Waals surface area contributed by atoms with Gasteiger partial charge in [0.05, 0.1) is 5.25 Å². The van der Waals surface area contributed by atoms with E-state index < -0.39 is 26.7 Å². The van der Waals surface area contributed by atoms with Gasteiger partial charge in [-0.3, -0.25) is 4.90 Å². The Kier molecular flexibility index (Phi) is 7.10.